The maximum Gasteiger partial charge on any atom is 0.257 e. The fraction of sp³-hybridized carbons (Fsp3) is 0.400. The molecule has 0 spiro atoms. The van der Waals surface area contributed by atoms with Gasteiger partial charge >= 0.3 is 0 Å². The molecular weight excluding hydrogens is 366 g/mol. The second-order valence-corrected chi connectivity index (χ2v) is 6.90. The number of nitrogens with zero attached hydrogens (tertiary/aromatic N) is 2. The lowest BCUT2D eigenvalue weighted by molar-refractivity contribution is 0.102. The zero-order valence-electron chi connectivity index (χ0n) is 14.3. The Balaban J connectivity index is 2.13. The fourth-order valence-electron chi connectivity index (χ4n) is 1.91. The standard InChI is InChI=1S/C15H19N3O5S2/c1-20-5-6-24-15-18-17-14(25-15)16-13(19)9-7-10(21-2)12(23-4)11(8-9)22-3/h7-8H,5-6H2,1-4H3,(H,16,17,19). The molecule has 0 saturated carbocycles. The van der Waals surface area contributed by atoms with Crippen molar-refractivity contribution in [3.8, 4) is 17.2 Å². The van der Waals surface area contributed by atoms with Crippen molar-refractivity contribution >= 4 is 34.1 Å². The van der Waals surface area contributed by atoms with Crippen LogP contribution in [-0.4, -0.2) is 56.9 Å². The zero-order chi connectivity index (χ0) is 18.2. The first-order valence-electron chi connectivity index (χ1n) is 7.19. The summed E-state index contributed by atoms with van der Waals surface area (Å²) in [5, 5.41) is 11.1. The highest BCUT2D eigenvalue weighted by molar-refractivity contribution is 8.01. The number of hydrogen-bond donors (Lipinski definition) is 1. The molecule has 1 amide bonds. The monoisotopic (exact) mass is 385 g/mol. The van der Waals surface area contributed by atoms with Gasteiger partial charge in [-0.05, 0) is 12.1 Å². The molecule has 0 saturated heterocycles. The summed E-state index contributed by atoms with van der Waals surface area (Å²) in [6.45, 7) is 0.622. The van der Waals surface area contributed by atoms with Crippen molar-refractivity contribution in [2.75, 3.05) is 46.1 Å². The molecule has 25 heavy (non-hydrogen) atoms. The maximum atomic E-state index is 12.5. The highest BCUT2D eigenvalue weighted by atomic mass is 32.2. The lowest BCUT2D eigenvalue weighted by Gasteiger charge is -2.13. The minimum Gasteiger partial charge on any atom is -0.493 e. The number of benzene rings is 1. The Kier molecular flexibility index (Phi) is 7.29. The minimum atomic E-state index is -0.344. The normalized spacial score (nSPS) is 10.4. The van der Waals surface area contributed by atoms with E-state index in [4.69, 9.17) is 18.9 Å². The predicted molar refractivity (Wildman–Crippen MR) is 96.6 cm³/mol. The molecule has 10 heteroatoms. The van der Waals surface area contributed by atoms with Crippen LogP contribution in [0.2, 0.25) is 0 Å². The molecule has 1 heterocycles. The molecule has 0 atom stereocenters. The van der Waals surface area contributed by atoms with Crippen LogP contribution in [-0.2, 0) is 4.74 Å². The molecule has 1 aromatic carbocycles. The number of hydrogen-bond acceptors (Lipinski definition) is 9. The van der Waals surface area contributed by atoms with E-state index in [1.807, 2.05) is 0 Å². The SMILES string of the molecule is COCCSc1nnc(NC(=O)c2cc(OC)c(OC)c(OC)c2)s1. The van der Waals surface area contributed by atoms with Crippen LogP contribution in [0.25, 0.3) is 0 Å². The molecule has 0 bridgehead atoms. The highest BCUT2D eigenvalue weighted by Crippen LogP contribution is 2.38. The number of thioether (sulfide) groups is 1. The van der Waals surface area contributed by atoms with Crippen molar-refractivity contribution in [2.45, 2.75) is 4.34 Å². The summed E-state index contributed by atoms with van der Waals surface area (Å²) in [6.07, 6.45) is 0. The number of methoxy groups -OCH3 is 4. The Labute approximate surface area is 153 Å². The van der Waals surface area contributed by atoms with Gasteiger partial charge in [-0.2, -0.15) is 0 Å². The highest BCUT2D eigenvalue weighted by Gasteiger charge is 2.18. The Hall–Kier alpha value is -2.04. The molecule has 8 nitrogen and oxygen atoms in total. The van der Waals surface area contributed by atoms with E-state index in [0.717, 1.165) is 10.1 Å². The van der Waals surface area contributed by atoms with Gasteiger partial charge in [-0.1, -0.05) is 23.1 Å². The van der Waals surface area contributed by atoms with Crippen LogP contribution in [0.15, 0.2) is 16.5 Å². The van der Waals surface area contributed by atoms with Crippen LogP contribution in [0.5, 0.6) is 17.2 Å². The van der Waals surface area contributed by atoms with Gasteiger partial charge in [0.05, 0.1) is 27.9 Å². The third-order valence-electron chi connectivity index (χ3n) is 3.07. The number of carbonyl (C=O) groups excluding carboxylic acids is 1. The summed E-state index contributed by atoms with van der Waals surface area (Å²) in [6, 6.07) is 3.15. The lowest BCUT2D eigenvalue weighted by Crippen LogP contribution is -2.12. The summed E-state index contributed by atoms with van der Waals surface area (Å²) in [4.78, 5) is 12.5. The molecule has 0 unspecified atom stereocenters. The van der Waals surface area contributed by atoms with E-state index in [9.17, 15) is 4.79 Å². The van der Waals surface area contributed by atoms with Crippen molar-refractivity contribution in [2.24, 2.45) is 0 Å². The van der Waals surface area contributed by atoms with E-state index in [-0.39, 0.29) is 5.91 Å². The van der Waals surface area contributed by atoms with Gasteiger partial charge < -0.3 is 18.9 Å². The molecule has 0 aliphatic carbocycles. The number of amides is 1. The van der Waals surface area contributed by atoms with Crippen molar-refractivity contribution in [3.05, 3.63) is 17.7 Å². The third kappa shape index (κ3) is 4.97. The first kappa shape index (κ1) is 19.3. The largest absolute Gasteiger partial charge is 0.493 e. The van der Waals surface area contributed by atoms with Gasteiger partial charge in [0.2, 0.25) is 10.9 Å². The minimum absolute atomic E-state index is 0.344. The van der Waals surface area contributed by atoms with E-state index in [2.05, 4.69) is 15.5 Å². The van der Waals surface area contributed by atoms with Gasteiger partial charge in [-0.15, -0.1) is 10.2 Å². The second-order valence-electron chi connectivity index (χ2n) is 4.58. The van der Waals surface area contributed by atoms with Crippen molar-refractivity contribution in [1.29, 1.82) is 0 Å². The number of ether oxygens (including phenoxy) is 4. The molecule has 2 aromatic rings. The van der Waals surface area contributed by atoms with Gasteiger partial charge in [-0.3, -0.25) is 10.1 Å². The molecule has 2 rings (SSSR count). The topological polar surface area (TPSA) is 91.8 Å². The molecule has 0 fully saturated rings. The molecule has 0 aliphatic heterocycles. The van der Waals surface area contributed by atoms with E-state index in [0.29, 0.717) is 34.6 Å². The summed E-state index contributed by atoms with van der Waals surface area (Å²) in [5.74, 6) is 1.66. The number of carbonyl (C=O) groups is 1. The van der Waals surface area contributed by atoms with Crippen LogP contribution >= 0.6 is 23.1 Å². The quantitative estimate of drug-likeness (QED) is 0.400. The summed E-state index contributed by atoms with van der Waals surface area (Å²) in [7, 11) is 6.13. The first-order valence-corrected chi connectivity index (χ1v) is 8.99. The van der Waals surface area contributed by atoms with Crippen LogP contribution in [0.3, 0.4) is 0 Å². The Morgan fingerprint density at radius 1 is 1.12 bits per heavy atom. The number of rotatable bonds is 9. The zero-order valence-corrected chi connectivity index (χ0v) is 16.0. The average molecular weight is 385 g/mol. The second kappa shape index (κ2) is 9.44. The smallest absolute Gasteiger partial charge is 0.257 e. The molecule has 0 aliphatic rings. The van der Waals surface area contributed by atoms with Gasteiger partial charge in [0.15, 0.2) is 15.8 Å². The van der Waals surface area contributed by atoms with E-state index in [1.54, 1.807) is 19.2 Å². The van der Waals surface area contributed by atoms with Gasteiger partial charge in [0, 0.05) is 18.4 Å². The lowest BCUT2D eigenvalue weighted by atomic mass is 10.1. The van der Waals surface area contributed by atoms with Crippen LogP contribution in [0, 0.1) is 0 Å². The molecular formula is C15H19N3O5S2. The van der Waals surface area contributed by atoms with E-state index < -0.39 is 0 Å². The van der Waals surface area contributed by atoms with Crippen molar-refractivity contribution < 1.29 is 23.7 Å². The van der Waals surface area contributed by atoms with Gasteiger partial charge in [-0.25, -0.2) is 0 Å². The summed E-state index contributed by atoms with van der Waals surface area (Å²) >= 11 is 2.82. The third-order valence-corrected chi connectivity index (χ3v) is 5.00. The molecule has 1 aromatic heterocycles. The Bertz CT molecular complexity index is 698. The molecule has 136 valence electrons. The van der Waals surface area contributed by atoms with Crippen molar-refractivity contribution in [1.82, 2.24) is 10.2 Å². The Morgan fingerprint density at radius 2 is 1.80 bits per heavy atom. The van der Waals surface area contributed by atoms with Crippen LogP contribution < -0.4 is 19.5 Å². The Morgan fingerprint density at radius 3 is 2.36 bits per heavy atom. The number of anilines is 1. The van der Waals surface area contributed by atoms with Crippen LogP contribution in [0.1, 0.15) is 10.4 Å². The summed E-state index contributed by atoms with van der Waals surface area (Å²) in [5.41, 5.74) is 0.360. The van der Waals surface area contributed by atoms with E-state index >= 15 is 0 Å². The summed E-state index contributed by atoms with van der Waals surface area (Å²) < 4.78 is 21.5. The number of aromatic nitrogens is 2. The van der Waals surface area contributed by atoms with E-state index in [1.165, 1.54) is 44.4 Å². The fourth-order valence-corrected chi connectivity index (χ4v) is 3.63. The van der Waals surface area contributed by atoms with Gasteiger partial charge in [0.1, 0.15) is 0 Å². The van der Waals surface area contributed by atoms with Gasteiger partial charge in [0.25, 0.3) is 5.91 Å². The van der Waals surface area contributed by atoms with Crippen LogP contribution in [0.4, 0.5) is 5.13 Å². The maximum absolute atomic E-state index is 12.5. The average Bonchev–Trinajstić information content (AvgIpc) is 3.07. The molecule has 1 N–H and O–H groups in total. The predicted octanol–water partition coefficient (Wildman–Crippen LogP) is 2.55. The number of nitrogens with one attached hydrogen (secondary N) is 1. The van der Waals surface area contributed by atoms with Crippen molar-refractivity contribution in [3.63, 3.8) is 0 Å². The first-order chi connectivity index (χ1) is 12.1. The molecule has 0 radical (unpaired) electrons.